The van der Waals surface area contributed by atoms with Crippen LogP contribution in [0.3, 0.4) is 0 Å². The van der Waals surface area contributed by atoms with Gasteiger partial charge in [0.05, 0.1) is 17.7 Å². The van der Waals surface area contributed by atoms with Crippen molar-refractivity contribution in [1.82, 2.24) is 30.0 Å². The van der Waals surface area contributed by atoms with E-state index in [1.54, 1.807) is 13.3 Å². The topological polar surface area (TPSA) is 101 Å². The SMILES string of the molecule is Cc1nnc(CCC(=O)N2CCc3[nH]cnc3[C@H]2c2cc3ccccc3cn2)o1. The van der Waals surface area contributed by atoms with E-state index in [4.69, 9.17) is 4.42 Å². The highest BCUT2D eigenvalue weighted by Crippen LogP contribution is 2.34. The first-order valence-corrected chi connectivity index (χ1v) is 9.64. The summed E-state index contributed by atoms with van der Waals surface area (Å²) in [6.45, 7) is 2.35. The van der Waals surface area contributed by atoms with Gasteiger partial charge in [0.15, 0.2) is 0 Å². The number of hydrogen-bond acceptors (Lipinski definition) is 6. The molecule has 4 aromatic rings. The molecule has 0 bridgehead atoms. The number of H-pyrrole nitrogens is 1. The molecule has 146 valence electrons. The van der Waals surface area contributed by atoms with Gasteiger partial charge in [-0.15, -0.1) is 10.2 Å². The molecule has 1 aromatic carbocycles. The molecule has 4 heterocycles. The van der Waals surface area contributed by atoms with Crippen LogP contribution in [0, 0.1) is 6.92 Å². The van der Waals surface area contributed by atoms with Gasteiger partial charge in [0.1, 0.15) is 6.04 Å². The molecule has 1 aliphatic heterocycles. The average Bonchev–Trinajstić information content (AvgIpc) is 3.39. The van der Waals surface area contributed by atoms with Gasteiger partial charge in [0.2, 0.25) is 17.7 Å². The summed E-state index contributed by atoms with van der Waals surface area (Å²) in [6, 6.07) is 9.81. The third kappa shape index (κ3) is 3.26. The second-order valence-corrected chi connectivity index (χ2v) is 7.18. The number of aromatic nitrogens is 5. The van der Waals surface area contributed by atoms with Gasteiger partial charge < -0.3 is 14.3 Å². The predicted molar refractivity (Wildman–Crippen MR) is 105 cm³/mol. The minimum absolute atomic E-state index is 0.0226. The minimum atomic E-state index is -0.313. The van der Waals surface area contributed by atoms with Crippen molar-refractivity contribution in [2.75, 3.05) is 6.54 Å². The summed E-state index contributed by atoms with van der Waals surface area (Å²) in [5, 5.41) is 9.97. The molecular weight excluding hydrogens is 368 g/mol. The maximum Gasteiger partial charge on any atom is 0.223 e. The van der Waals surface area contributed by atoms with Crippen LogP contribution in [0.2, 0.25) is 0 Å². The molecule has 0 radical (unpaired) electrons. The van der Waals surface area contributed by atoms with E-state index in [1.807, 2.05) is 35.4 Å². The van der Waals surface area contributed by atoms with Crippen molar-refractivity contribution in [3.8, 4) is 0 Å². The minimum Gasteiger partial charge on any atom is -0.426 e. The molecule has 0 spiro atoms. The van der Waals surface area contributed by atoms with E-state index in [1.165, 1.54) is 0 Å². The zero-order valence-corrected chi connectivity index (χ0v) is 16.0. The third-order valence-corrected chi connectivity index (χ3v) is 5.30. The van der Waals surface area contributed by atoms with E-state index in [2.05, 4.69) is 31.2 Å². The van der Waals surface area contributed by atoms with Crippen molar-refractivity contribution >= 4 is 16.7 Å². The predicted octanol–water partition coefficient (Wildman–Crippen LogP) is 2.76. The summed E-state index contributed by atoms with van der Waals surface area (Å²) < 4.78 is 5.40. The second kappa shape index (κ2) is 7.12. The number of rotatable bonds is 4. The Morgan fingerprint density at radius 3 is 2.93 bits per heavy atom. The van der Waals surface area contributed by atoms with Crippen LogP contribution < -0.4 is 0 Å². The van der Waals surface area contributed by atoms with Crippen molar-refractivity contribution in [2.24, 2.45) is 0 Å². The van der Waals surface area contributed by atoms with Crippen molar-refractivity contribution in [2.45, 2.75) is 32.2 Å². The molecule has 0 fully saturated rings. The summed E-state index contributed by atoms with van der Waals surface area (Å²) in [4.78, 5) is 27.4. The molecule has 0 unspecified atom stereocenters. The number of aryl methyl sites for hydroxylation is 2. The van der Waals surface area contributed by atoms with Crippen LogP contribution in [-0.4, -0.2) is 42.5 Å². The molecule has 29 heavy (non-hydrogen) atoms. The van der Waals surface area contributed by atoms with Crippen LogP contribution in [0.15, 0.2) is 47.3 Å². The lowest BCUT2D eigenvalue weighted by molar-refractivity contribution is -0.133. The summed E-state index contributed by atoms with van der Waals surface area (Å²) in [6.07, 6.45) is 5.00. The second-order valence-electron chi connectivity index (χ2n) is 7.18. The van der Waals surface area contributed by atoms with Crippen LogP contribution in [0.1, 0.15) is 41.3 Å². The molecule has 0 aliphatic carbocycles. The molecule has 1 amide bonds. The Morgan fingerprint density at radius 1 is 1.24 bits per heavy atom. The fourth-order valence-corrected chi connectivity index (χ4v) is 3.89. The molecule has 8 heteroatoms. The van der Waals surface area contributed by atoms with Crippen molar-refractivity contribution < 1.29 is 9.21 Å². The van der Waals surface area contributed by atoms with E-state index >= 15 is 0 Å². The number of pyridine rings is 1. The molecule has 1 atom stereocenters. The van der Waals surface area contributed by atoms with Gasteiger partial charge in [-0.25, -0.2) is 4.98 Å². The monoisotopic (exact) mass is 388 g/mol. The number of carbonyl (C=O) groups is 1. The first-order valence-electron chi connectivity index (χ1n) is 9.64. The molecule has 8 nitrogen and oxygen atoms in total. The van der Waals surface area contributed by atoms with Gasteiger partial charge in [-0.3, -0.25) is 9.78 Å². The number of aromatic amines is 1. The van der Waals surface area contributed by atoms with E-state index in [9.17, 15) is 4.79 Å². The molecular formula is C21H20N6O2. The summed E-state index contributed by atoms with van der Waals surface area (Å²) >= 11 is 0. The first-order chi connectivity index (χ1) is 14.2. The Hall–Kier alpha value is -3.55. The maximum absolute atomic E-state index is 13.1. The van der Waals surface area contributed by atoms with Gasteiger partial charge in [-0.2, -0.15) is 0 Å². The van der Waals surface area contributed by atoms with Gasteiger partial charge in [-0.05, 0) is 11.5 Å². The van der Waals surface area contributed by atoms with Crippen LogP contribution in [0.25, 0.3) is 10.8 Å². The quantitative estimate of drug-likeness (QED) is 0.577. The van der Waals surface area contributed by atoms with Gasteiger partial charge in [0, 0.05) is 50.0 Å². The molecule has 0 saturated heterocycles. The van der Waals surface area contributed by atoms with Crippen molar-refractivity contribution in [3.63, 3.8) is 0 Å². The average molecular weight is 388 g/mol. The Labute approximate surface area is 167 Å². The maximum atomic E-state index is 13.1. The first kappa shape index (κ1) is 17.5. The van der Waals surface area contributed by atoms with Gasteiger partial charge in [-0.1, -0.05) is 24.3 Å². The summed E-state index contributed by atoms with van der Waals surface area (Å²) in [7, 11) is 0. The molecule has 0 saturated carbocycles. The number of fused-ring (bicyclic) bond motifs is 2. The smallest absolute Gasteiger partial charge is 0.223 e. The number of amides is 1. The van der Waals surface area contributed by atoms with E-state index in [0.29, 0.717) is 31.2 Å². The summed E-state index contributed by atoms with van der Waals surface area (Å²) in [5.41, 5.74) is 2.74. The Morgan fingerprint density at radius 2 is 2.10 bits per heavy atom. The zero-order valence-electron chi connectivity index (χ0n) is 16.0. The number of hydrogen-bond donors (Lipinski definition) is 1. The van der Waals surface area contributed by atoms with Gasteiger partial charge in [0.25, 0.3) is 0 Å². The van der Waals surface area contributed by atoms with Crippen LogP contribution >= 0.6 is 0 Å². The fraction of sp³-hybridized carbons (Fsp3) is 0.286. The van der Waals surface area contributed by atoms with Crippen LogP contribution in [0.5, 0.6) is 0 Å². The van der Waals surface area contributed by atoms with Crippen molar-refractivity contribution in [1.29, 1.82) is 0 Å². The highest BCUT2D eigenvalue weighted by Gasteiger charge is 2.34. The Balaban J connectivity index is 1.47. The number of benzene rings is 1. The van der Waals surface area contributed by atoms with Crippen LogP contribution in [-0.2, 0) is 17.6 Å². The highest BCUT2D eigenvalue weighted by atomic mass is 16.4. The number of carbonyl (C=O) groups excluding carboxylic acids is 1. The fourth-order valence-electron chi connectivity index (χ4n) is 3.89. The zero-order chi connectivity index (χ0) is 19.8. The number of imidazole rings is 1. The Kier molecular flexibility index (Phi) is 4.31. The lowest BCUT2D eigenvalue weighted by atomic mass is 9.97. The van der Waals surface area contributed by atoms with E-state index < -0.39 is 0 Å². The molecule has 3 aromatic heterocycles. The largest absolute Gasteiger partial charge is 0.426 e. The van der Waals surface area contributed by atoms with Crippen molar-refractivity contribution in [3.05, 3.63) is 71.7 Å². The lowest BCUT2D eigenvalue weighted by Crippen LogP contribution is -2.41. The van der Waals surface area contributed by atoms with E-state index in [-0.39, 0.29) is 11.9 Å². The molecule has 5 rings (SSSR count). The lowest BCUT2D eigenvalue weighted by Gasteiger charge is -2.34. The Bertz CT molecular complexity index is 1180. The number of nitrogens with zero attached hydrogens (tertiary/aromatic N) is 5. The summed E-state index contributed by atoms with van der Waals surface area (Å²) in [5.74, 6) is 1.01. The van der Waals surface area contributed by atoms with E-state index in [0.717, 1.165) is 34.3 Å². The molecule has 1 aliphatic rings. The third-order valence-electron chi connectivity index (χ3n) is 5.30. The van der Waals surface area contributed by atoms with Gasteiger partial charge >= 0.3 is 0 Å². The highest BCUT2D eigenvalue weighted by molar-refractivity contribution is 5.82. The standard InChI is InChI=1S/C21H20N6O2/c1-13-25-26-18(29-13)6-7-19(28)27-9-8-16-20(24-12-23-16)21(27)17-10-14-4-2-3-5-15(14)11-22-17/h2-5,10-12,21H,6-9H2,1H3,(H,23,24)/t21-/m1/s1. The molecule has 1 N–H and O–H groups in total. The van der Waals surface area contributed by atoms with Crippen LogP contribution in [0.4, 0.5) is 0 Å². The number of nitrogens with one attached hydrogen (secondary N) is 1. The normalized spacial score (nSPS) is 16.2.